The molecule has 4 rings (SSSR count). The SMILES string of the molecule is COc1ncnc2c1N(C(N)=O)C(OC(=O)N1CCN(Cc3cccc(F)c3O)CC1)S2. The average molecular weight is 464 g/mol. The molecule has 3 heterocycles. The van der Waals surface area contributed by atoms with Gasteiger partial charge in [-0.05, 0) is 17.8 Å². The number of anilines is 1. The highest BCUT2D eigenvalue weighted by molar-refractivity contribution is 8.00. The predicted molar refractivity (Wildman–Crippen MR) is 112 cm³/mol. The third kappa shape index (κ3) is 4.21. The van der Waals surface area contributed by atoms with Gasteiger partial charge < -0.3 is 25.2 Å². The molecule has 11 nitrogen and oxygen atoms in total. The molecule has 1 saturated heterocycles. The molecule has 1 atom stereocenters. The smallest absolute Gasteiger partial charge is 0.412 e. The highest BCUT2D eigenvalue weighted by Crippen LogP contribution is 2.46. The van der Waals surface area contributed by atoms with Gasteiger partial charge in [-0.15, -0.1) is 0 Å². The first-order valence-electron chi connectivity index (χ1n) is 9.67. The Bertz CT molecular complexity index is 1040. The van der Waals surface area contributed by atoms with Crippen molar-refractivity contribution in [1.82, 2.24) is 19.8 Å². The van der Waals surface area contributed by atoms with Crippen LogP contribution in [-0.2, 0) is 11.3 Å². The second-order valence-corrected chi connectivity index (χ2v) is 8.09. The molecule has 2 aliphatic rings. The maximum atomic E-state index is 13.5. The van der Waals surface area contributed by atoms with Crippen molar-refractivity contribution >= 4 is 29.6 Å². The number of phenols is 1. The molecule has 170 valence electrons. The molecule has 1 fully saturated rings. The van der Waals surface area contributed by atoms with Gasteiger partial charge in [0.05, 0.1) is 7.11 Å². The second-order valence-electron chi connectivity index (χ2n) is 7.06. The van der Waals surface area contributed by atoms with Crippen LogP contribution in [0.25, 0.3) is 0 Å². The molecule has 2 aromatic rings. The molecule has 3 N–H and O–H groups in total. The summed E-state index contributed by atoms with van der Waals surface area (Å²) in [5.74, 6) is -0.883. The maximum absolute atomic E-state index is 13.5. The van der Waals surface area contributed by atoms with E-state index in [1.54, 1.807) is 12.1 Å². The third-order valence-corrected chi connectivity index (χ3v) is 6.18. The summed E-state index contributed by atoms with van der Waals surface area (Å²) >= 11 is 1.05. The fourth-order valence-corrected chi connectivity index (χ4v) is 4.55. The number of rotatable bonds is 4. The van der Waals surface area contributed by atoms with Crippen molar-refractivity contribution in [2.45, 2.75) is 17.1 Å². The Morgan fingerprint density at radius 3 is 2.72 bits per heavy atom. The molecule has 0 radical (unpaired) electrons. The number of piperazine rings is 1. The van der Waals surface area contributed by atoms with Crippen molar-refractivity contribution < 1.29 is 28.6 Å². The van der Waals surface area contributed by atoms with Crippen LogP contribution in [-0.4, -0.2) is 75.8 Å². The Morgan fingerprint density at radius 2 is 2.03 bits per heavy atom. The highest BCUT2D eigenvalue weighted by atomic mass is 32.2. The van der Waals surface area contributed by atoms with E-state index in [0.29, 0.717) is 43.3 Å². The first-order chi connectivity index (χ1) is 15.4. The Morgan fingerprint density at radius 1 is 1.28 bits per heavy atom. The number of urea groups is 1. The summed E-state index contributed by atoms with van der Waals surface area (Å²) in [5, 5.41) is 10.3. The minimum absolute atomic E-state index is 0.147. The monoisotopic (exact) mass is 464 g/mol. The van der Waals surface area contributed by atoms with E-state index in [1.807, 2.05) is 4.90 Å². The number of aromatic nitrogens is 2. The number of ether oxygens (including phenoxy) is 2. The van der Waals surface area contributed by atoms with Crippen LogP contribution in [0.4, 0.5) is 19.7 Å². The van der Waals surface area contributed by atoms with Gasteiger partial charge in [-0.25, -0.2) is 23.9 Å². The lowest BCUT2D eigenvalue weighted by Gasteiger charge is -2.35. The number of aromatic hydroxyl groups is 1. The molecule has 0 aliphatic carbocycles. The Hall–Kier alpha value is -3.32. The molecule has 3 amide bonds. The summed E-state index contributed by atoms with van der Waals surface area (Å²) < 4.78 is 24.2. The van der Waals surface area contributed by atoms with Crippen LogP contribution in [0.2, 0.25) is 0 Å². The van der Waals surface area contributed by atoms with E-state index in [-0.39, 0.29) is 17.3 Å². The van der Waals surface area contributed by atoms with E-state index in [9.17, 15) is 19.1 Å². The molecule has 1 aromatic heterocycles. The number of methoxy groups -OCH3 is 1. The number of phenolic OH excluding ortho intramolecular Hbond substituents is 1. The number of thioether (sulfide) groups is 1. The Balaban J connectivity index is 1.37. The lowest BCUT2D eigenvalue weighted by atomic mass is 10.1. The molecule has 2 aliphatic heterocycles. The number of hydrogen-bond acceptors (Lipinski definition) is 9. The van der Waals surface area contributed by atoms with Gasteiger partial charge in [0, 0.05) is 38.3 Å². The van der Waals surface area contributed by atoms with Gasteiger partial charge in [0.1, 0.15) is 17.0 Å². The van der Waals surface area contributed by atoms with Crippen LogP contribution >= 0.6 is 11.8 Å². The number of benzene rings is 1. The summed E-state index contributed by atoms with van der Waals surface area (Å²) in [6.07, 6.45) is 0.672. The zero-order valence-electron chi connectivity index (χ0n) is 17.1. The van der Waals surface area contributed by atoms with E-state index in [1.165, 1.54) is 24.4 Å². The number of hydrogen-bond donors (Lipinski definition) is 2. The summed E-state index contributed by atoms with van der Waals surface area (Å²) in [6, 6.07) is 3.56. The normalized spacial score (nSPS) is 18.4. The number of carbonyl (C=O) groups is 2. The summed E-state index contributed by atoms with van der Waals surface area (Å²) in [4.78, 5) is 37.4. The van der Waals surface area contributed by atoms with Gasteiger partial charge in [-0.1, -0.05) is 12.1 Å². The molecule has 0 bridgehead atoms. The minimum Gasteiger partial charge on any atom is -0.505 e. The molecule has 32 heavy (non-hydrogen) atoms. The zero-order valence-corrected chi connectivity index (χ0v) is 17.9. The topological polar surface area (TPSA) is 134 Å². The van der Waals surface area contributed by atoms with E-state index in [2.05, 4.69) is 9.97 Å². The molecular weight excluding hydrogens is 443 g/mol. The first-order valence-corrected chi connectivity index (χ1v) is 10.6. The number of fused-ring (bicyclic) bond motifs is 1. The Labute approximate surface area is 186 Å². The number of nitrogens with two attached hydrogens (primary N) is 1. The fourth-order valence-electron chi connectivity index (χ4n) is 3.51. The Kier molecular flexibility index (Phi) is 6.19. The fraction of sp³-hybridized carbons (Fsp3) is 0.368. The second kappa shape index (κ2) is 9.04. The van der Waals surface area contributed by atoms with Crippen molar-refractivity contribution in [2.75, 3.05) is 38.2 Å². The molecule has 0 saturated carbocycles. The summed E-state index contributed by atoms with van der Waals surface area (Å²) in [5.41, 5.74) is 5.19. The van der Waals surface area contributed by atoms with E-state index in [0.717, 1.165) is 16.7 Å². The number of primary amides is 1. The molecule has 1 unspecified atom stereocenters. The minimum atomic E-state index is -1.04. The lowest BCUT2D eigenvalue weighted by molar-refractivity contribution is 0.0688. The highest BCUT2D eigenvalue weighted by Gasteiger charge is 2.41. The van der Waals surface area contributed by atoms with Crippen LogP contribution in [0.15, 0.2) is 29.6 Å². The summed E-state index contributed by atoms with van der Waals surface area (Å²) in [7, 11) is 1.40. The zero-order chi connectivity index (χ0) is 22.8. The molecule has 1 aromatic carbocycles. The van der Waals surface area contributed by atoms with Gasteiger partial charge in [-0.2, -0.15) is 4.98 Å². The van der Waals surface area contributed by atoms with Crippen molar-refractivity contribution in [3.63, 3.8) is 0 Å². The van der Waals surface area contributed by atoms with Gasteiger partial charge in [0.15, 0.2) is 11.6 Å². The van der Waals surface area contributed by atoms with E-state index in [4.69, 9.17) is 15.2 Å². The molecule has 13 heteroatoms. The summed E-state index contributed by atoms with van der Waals surface area (Å²) in [6.45, 7) is 2.08. The standard InChI is InChI=1S/C19H21FN6O5S/c1-30-15-13-16(23-10-22-15)32-19(26(13)17(21)28)31-18(29)25-7-5-24(6-8-25)9-11-3-2-4-12(20)14(11)27/h2-4,10,19,27H,5-9H2,1H3,(H2,21,28). The van der Waals surface area contributed by atoms with E-state index >= 15 is 0 Å². The largest absolute Gasteiger partial charge is 0.505 e. The number of carbonyl (C=O) groups excluding carboxylic acids is 2. The van der Waals surface area contributed by atoms with Crippen molar-refractivity contribution in [3.05, 3.63) is 35.9 Å². The van der Waals surface area contributed by atoms with Crippen LogP contribution in [0.1, 0.15) is 5.56 Å². The van der Waals surface area contributed by atoms with Crippen LogP contribution in [0.5, 0.6) is 11.6 Å². The molecule has 0 spiro atoms. The first kappa shape index (κ1) is 21.9. The number of halogens is 1. The van der Waals surface area contributed by atoms with Crippen molar-refractivity contribution in [1.29, 1.82) is 0 Å². The van der Waals surface area contributed by atoms with E-state index < -0.39 is 23.5 Å². The van der Waals surface area contributed by atoms with Gasteiger partial charge >= 0.3 is 12.1 Å². The van der Waals surface area contributed by atoms with Crippen molar-refractivity contribution in [2.24, 2.45) is 5.73 Å². The maximum Gasteiger partial charge on any atom is 0.412 e. The number of nitrogens with zero attached hydrogens (tertiary/aromatic N) is 5. The van der Waals surface area contributed by atoms with Crippen LogP contribution in [0.3, 0.4) is 0 Å². The van der Waals surface area contributed by atoms with Crippen LogP contribution in [0, 0.1) is 5.82 Å². The number of para-hydroxylation sites is 1. The molecular formula is C19H21FN6O5S. The van der Waals surface area contributed by atoms with Crippen molar-refractivity contribution in [3.8, 4) is 11.6 Å². The van der Waals surface area contributed by atoms with Crippen LogP contribution < -0.4 is 15.4 Å². The van der Waals surface area contributed by atoms with Gasteiger partial charge in [-0.3, -0.25) is 4.90 Å². The third-order valence-electron chi connectivity index (χ3n) is 5.15. The predicted octanol–water partition coefficient (Wildman–Crippen LogP) is 1.56. The quantitative estimate of drug-likeness (QED) is 0.646. The average Bonchev–Trinajstić information content (AvgIpc) is 3.15. The lowest BCUT2D eigenvalue weighted by Crippen LogP contribution is -2.50. The van der Waals surface area contributed by atoms with Gasteiger partial charge in [0.25, 0.3) is 0 Å². The number of amides is 3. The van der Waals surface area contributed by atoms with Gasteiger partial charge in [0.2, 0.25) is 11.4 Å².